The monoisotopic (exact) mass is 376 g/mol. The SMILES string of the molecule is O=C(CN1CCC(Oc2ccc(F)cc2)CC1)Nc1nnc(C2CC2)s1. The van der Waals surface area contributed by atoms with Crippen LogP contribution >= 0.6 is 11.3 Å². The van der Waals surface area contributed by atoms with E-state index in [-0.39, 0.29) is 17.8 Å². The predicted molar refractivity (Wildman–Crippen MR) is 97.0 cm³/mol. The summed E-state index contributed by atoms with van der Waals surface area (Å²) in [6, 6.07) is 6.09. The van der Waals surface area contributed by atoms with Crippen LogP contribution in [0, 0.1) is 5.82 Å². The minimum atomic E-state index is -0.266. The summed E-state index contributed by atoms with van der Waals surface area (Å²) >= 11 is 1.48. The van der Waals surface area contributed by atoms with Crippen molar-refractivity contribution in [2.75, 3.05) is 25.0 Å². The van der Waals surface area contributed by atoms with E-state index in [0.29, 0.717) is 23.3 Å². The molecule has 138 valence electrons. The molecule has 1 aliphatic heterocycles. The number of likely N-dealkylation sites (tertiary alicyclic amines) is 1. The molecule has 1 aromatic heterocycles. The van der Waals surface area contributed by atoms with E-state index in [0.717, 1.165) is 30.9 Å². The highest BCUT2D eigenvalue weighted by Crippen LogP contribution is 2.42. The van der Waals surface area contributed by atoms with Crippen molar-refractivity contribution >= 4 is 22.4 Å². The number of rotatable bonds is 6. The van der Waals surface area contributed by atoms with E-state index in [2.05, 4.69) is 20.4 Å². The number of benzene rings is 1. The van der Waals surface area contributed by atoms with Crippen LogP contribution in [0.2, 0.25) is 0 Å². The van der Waals surface area contributed by atoms with Crippen LogP contribution in [0.25, 0.3) is 0 Å². The smallest absolute Gasteiger partial charge is 0.240 e. The largest absolute Gasteiger partial charge is 0.490 e. The van der Waals surface area contributed by atoms with E-state index in [1.54, 1.807) is 12.1 Å². The van der Waals surface area contributed by atoms with Gasteiger partial charge in [-0.1, -0.05) is 11.3 Å². The summed E-state index contributed by atoms with van der Waals surface area (Å²) in [5, 5.41) is 12.6. The number of carbonyl (C=O) groups excluding carboxylic acids is 1. The molecule has 2 aromatic rings. The predicted octanol–water partition coefficient (Wildman–Crippen LogP) is 3.04. The van der Waals surface area contributed by atoms with Gasteiger partial charge in [-0.2, -0.15) is 0 Å². The van der Waals surface area contributed by atoms with Crippen LogP contribution in [0.1, 0.15) is 36.6 Å². The van der Waals surface area contributed by atoms with Gasteiger partial charge in [-0.15, -0.1) is 10.2 Å². The minimum absolute atomic E-state index is 0.0543. The van der Waals surface area contributed by atoms with Crippen molar-refractivity contribution < 1.29 is 13.9 Å². The van der Waals surface area contributed by atoms with Gasteiger partial charge in [0.2, 0.25) is 11.0 Å². The molecule has 1 aromatic carbocycles. The molecule has 1 N–H and O–H groups in total. The maximum absolute atomic E-state index is 12.9. The van der Waals surface area contributed by atoms with Gasteiger partial charge in [0, 0.05) is 19.0 Å². The zero-order valence-corrected chi connectivity index (χ0v) is 15.2. The Morgan fingerprint density at radius 2 is 1.92 bits per heavy atom. The molecule has 4 rings (SSSR count). The van der Waals surface area contributed by atoms with E-state index in [1.165, 1.54) is 36.3 Å². The van der Waals surface area contributed by atoms with Gasteiger partial charge in [-0.05, 0) is 49.9 Å². The number of amides is 1. The van der Waals surface area contributed by atoms with Crippen LogP contribution < -0.4 is 10.1 Å². The number of piperidine rings is 1. The lowest BCUT2D eigenvalue weighted by Crippen LogP contribution is -2.42. The Balaban J connectivity index is 1.20. The lowest BCUT2D eigenvalue weighted by molar-refractivity contribution is -0.117. The third-order valence-electron chi connectivity index (χ3n) is 4.63. The number of ether oxygens (including phenoxy) is 1. The molecule has 0 spiro atoms. The second kappa shape index (κ2) is 7.67. The molecule has 1 aliphatic carbocycles. The number of nitrogens with zero attached hydrogens (tertiary/aromatic N) is 3. The fourth-order valence-corrected chi connectivity index (χ4v) is 3.96. The Labute approximate surface area is 155 Å². The van der Waals surface area contributed by atoms with Crippen molar-refractivity contribution in [2.45, 2.75) is 37.7 Å². The number of carbonyl (C=O) groups is 1. The number of nitrogens with one attached hydrogen (secondary N) is 1. The van der Waals surface area contributed by atoms with E-state index in [4.69, 9.17) is 4.74 Å². The van der Waals surface area contributed by atoms with Gasteiger partial charge >= 0.3 is 0 Å². The maximum atomic E-state index is 12.9. The highest BCUT2D eigenvalue weighted by atomic mass is 32.1. The first-order chi connectivity index (χ1) is 12.7. The summed E-state index contributed by atoms with van der Waals surface area (Å²) < 4.78 is 18.8. The number of aromatic nitrogens is 2. The van der Waals surface area contributed by atoms with Crippen LogP contribution in [0.4, 0.5) is 9.52 Å². The Morgan fingerprint density at radius 3 is 2.62 bits per heavy atom. The Hall–Kier alpha value is -2.06. The standard InChI is InChI=1S/C18H21FN4O2S/c19-13-3-5-14(6-4-13)25-15-7-9-23(10-8-15)11-16(24)20-18-22-21-17(26-18)12-1-2-12/h3-6,12,15H,1-2,7-11H2,(H,20,22,24). The number of halogens is 1. The highest BCUT2D eigenvalue weighted by Gasteiger charge is 2.28. The fourth-order valence-electron chi connectivity index (χ4n) is 3.03. The number of anilines is 1. The van der Waals surface area contributed by atoms with Crippen molar-refractivity contribution in [3.63, 3.8) is 0 Å². The Kier molecular flexibility index (Phi) is 5.12. The molecule has 0 bridgehead atoms. The molecular formula is C18H21FN4O2S. The van der Waals surface area contributed by atoms with Crippen LogP contribution in [0.5, 0.6) is 5.75 Å². The zero-order chi connectivity index (χ0) is 17.9. The second-order valence-electron chi connectivity index (χ2n) is 6.82. The second-order valence-corrected chi connectivity index (χ2v) is 7.82. The molecule has 0 atom stereocenters. The molecule has 1 saturated heterocycles. The lowest BCUT2D eigenvalue weighted by atomic mass is 10.1. The molecule has 26 heavy (non-hydrogen) atoms. The summed E-state index contributed by atoms with van der Waals surface area (Å²) in [7, 11) is 0. The van der Waals surface area contributed by atoms with Crippen LogP contribution in [0.3, 0.4) is 0 Å². The molecular weight excluding hydrogens is 355 g/mol. The molecule has 2 aliphatic rings. The van der Waals surface area contributed by atoms with Crippen LogP contribution in [-0.2, 0) is 4.79 Å². The van der Waals surface area contributed by atoms with Gasteiger partial charge in [0.1, 0.15) is 22.7 Å². The van der Waals surface area contributed by atoms with Crippen LogP contribution in [0.15, 0.2) is 24.3 Å². The van der Waals surface area contributed by atoms with Crippen LogP contribution in [-0.4, -0.2) is 46.7 Å². The maximum Gasteiger partial charge on any atom is 0.240 e. The van der Waals surface area contributed by atoms with Crippen molar-refractivity contribution in [3.8, 4) is 5.75 Å². The van der Waals surface area contributed by atoms with Gasteiger partial charge < -0.3 is 4.74 Å². The highest BCUT2D eigenvalue weighted by molar-refractivity contribution is 7.15. The van der Waals surface area contributed by atoms with Gasteiger partial charge in [0.25, 0.3) is 0 Å². The normalized spacial score (nSPS) is 18.7. The molecule has 2 heterocycles. The first-order valence-corrected chi connectivity index (χ1v) is 9.75. The molecule has 6 nitrogen and oxygen atoms in total. The molecule has 1 saturated carbocycles. The van der Waals surface area contributed by atoms with Crippen molar-refractivity contribution in [1.82, 2.24) is 15.1 Å². The molecule has 8 heteroatoms. The van der Waals surface area contributed by atoms with Gasteiger partial charge in [-0.25, -0.2) is 4.39 Å². The zero-order valence-electron chi connectivity index (χ0n) is 14.4. The van der Waals surface area contributed by atoms with Crippen molar-refractivity contribution in [3.05, 3.63) is 35.1 Å². The summed E-state index contributed by atoms with van der Waals surface area (Å²) in [5.41, 5.74) is 0. The van der Waals surface area contributed by atoms with Gasteiger partial charge in [0.15, 0.2) is 0 Å². The van der Waals surface area contributed by atoms with Crippen molar-refractivity contribution in [1.29, 1.82) is 0 Å². The molecule has 0 unspecified atom stereocenters. The molecule has 1 amide bonds. The fraction of sp³-hybridized carbons (Fsp3) is 0.500. The summed E-state index contributed by atoms with van der Waals surface area (Å²) in [6.07, 6.45) is 4.14. The van der Waals surface area contributed by atoms with E-state index in [9.17, 15) is 9.18 Å². The van der Waals surface area contributed by atoms with Gasteiger partial charge in [0.05, 0.1) is 6.54 Å². The quantitative estimate of drug-likeness (QED) is 0.839. The van der Waals surface area contributed by atoms with Gasteiger partial charge in [-0.3, -0.25) is 15.0 Å². The number of hydrogen-bond acceptors (Lipinski definition) is 6. The van der Waals surface area contributed by atoms with E-state index >= 15 is 0 Å². The Bertz CT molecular complexity index is 755. The average molecular weight is 376 g/mol. The molecule has 2 fully saturated rings. The minimum Gasteiger partial charge on any atom is -0.490 e. The Morgan fingerprint density at radius 1 is 1.19 bits per heavy atom. The van der Waals surface area contributed by atoms with E-state index < -0.39 is 0 Å². The molecule has 0 radical (unpaired) electrons. The van der Waals surface area contributed by atoms with Crippen molar-refractivity contribution in [2.24, 2.45) is 0 Å². The topological polar surface area (TPSA) is 67.3 Å². The third kappa shape index (κ3) is 4.56. The first-order valence-electron chi connectivity index (χ1n) is 8.93. The summed E-state index contributed by atoms with van der Waals surface area (Å²) in [5.74, 6) is 0.919. The summed E-state index contributed by atoms with van der Waals surface area (Å²) in [4.78, 5) is 14.3. The third-order valence-corrected chi connectivity index (χ3v) is 5.63. The average Bonchev–Trinajstić information content (AvgIpc) is 3.38. The summed E-state index contributed by atoms with van der Waals surface area (Å²) in [6.45, 7) is 1.94. The number of hydrogen-bond donors (Lipinski definition) is 1. The lowest BCUT2D eigenvalue weighted by Gasteiger charge is -2.31. The van der Waals surface area contributed by atoms with E-state index in [1.807, 2.05) is 0 Å². The first kappa shape index (κ1) is 17.4.